The van der Waals surface area contributed by atoms with Gasteiger partial charge in [-0.2, -0.15) is 0 Å². The van der Waals surface area contributed by atoms with E-state index in [9.17, 15) is 4.79 Å². The van der Waals surface area contributed by atoms with Gasteiger partial charge in [0.25, 0.3) is 0 Å². The Hall–Kier alpha value is -1.35. The van der Waals surface area contributed by atoms with E-state index in [0.717, 1.165) is 12.4 Å². The van der Waals surface area contributed by atoms with Crippen molar-refractivity contribution in [3.8, 4) is 5.75 Å². The molecule has 2 N–H and O–H groups in total. The first-order chi connectivity index (χ1) is 9.29. The van der Waals surface area contributed by atoms with Gasteiger partial charge in [0.15, 0.2) is 5.78 Å². The minimum atomic E-state index is 0.0885. The summed E-state index contributed by atoms with van der Waals surface area (Å²) in [6.45, 7) is 1.17. The van der Waals surface area contributed by atoms with Gasteiger partial charge in [-0.1, -0.05) is 31.4 Å². The Labute approximate surface area is 115 Å². The van der Waals surface area contributed by atoms with Crippen LogP contribution in [0.2, 0.25) is 0 Å². The molecule has 19 heavy (non-hydrogen) atoms. The summed E-state index contributed by atoms with van der Waals surface area (Å²) >= 11 is 0. The molecule has 3 heteroatoms. The maximum Gasteiger partial charge on any atom is 0.164 e. The molecule has 1 aliphatic rings. The number of nitrogens with two attached hydrogens (primary N) is 1. The highest BCUT2D eigenvalue weighted by Gasteiger charge is 2.14. The van der Waals surface area contributed by atoms with Crippen LogP contribution in [0.25, 0.3) is 0 Å². The molecule has 0 radical (unpaired) electrons. The van der Waals surface area contributed by atoms with Gasteiger partial charge in [-0.05, 0) is 37.4 Å². The highest BCUT2D eigenvalue weighted by molar-refractivity contribution is 5.96. The Morgan fingerprint density at radius 1 is 1.26 bits per heavy atom. The highest BCUT2D eigenvalue weighted by Crippen LogP contribution is 2.25. The summed E-state index contributed by atoms with van der Waals surface area (Å²) in [5.41, 5.74) is 6.11. The lowest BCUT2D eigenvalue weighted by Crippen LogP contribution is -2.15. The second-order valence-electron chi connectivity index (χ2n) is 5.30. The fourth-order valence-electron chi connectivity index (χ4n) is 2.60. The Balaban J connectivity index is 1.89. The largest absolute Gasteiger partial charge is 0.493 e. The van der Waals surface area contributed by atoms with Crippen molar-refractivity contribution in [3.05, 3.63) is 29.8 Å². The van der Waals surface area contributed by atoms with Crippen LogP contribution in [0.4, 0.5) is 0 Å². The number of hydrogen-bond acceptors (Lipinski definition) is 3. The lowest BCUT2D eigenvalue weighted by molar-refractivity contribution is 0.0985. The summed E-state index contributed by atoms with van der Waals surface area (Å²) in [4.78, 5) is 11.8. The molecule has 2 rings (SSSR count). The summed E-state index contributed by atoms with van der Waals surface area (Å²) in [7, 11) is 0. The minimum Gasteiger partial charge on any atom is -0.493 e. The topological polar surface area (TPSA) is 52.3 Å². The van der Waals surface area contributed by atoms with E-state index in [-0.39, 0.29) is 5.78 Å². The Kier molecular flexibility index (Phi) is 5.40. The quantitative estimate of drug-likeness (QED) is 0.800. The van der Waals surface area contributed by atoms with Crippen molar-refractivity contribution >= 4 is 5.78 Å². The van der Waals surface area contributed by atoms with Crippen molar-refractivity contribution in [2.45, 2.75) is 38.5 Å². The second kappa shape index (κ2) is 7.29. The van der Waals surface area contributed by atoms with Gasteiger partial charge in [0.05, 0.1) is 6.61 Å². The summed E-state index contributed by atoms with van der Waals surface area (Å²) < 4.78 is 5.83. The van der Waals surface area contributed by atoms with Crippen LogP contribution < -0.4 is 10.5 Å². The third-order valence-electron chi connectivity index (χ3n) is 3.74. The van der Waals surface area contributed by atoms with E-state index in [0.29, 0.717) is 24.4 Å². The molecule has 0 aliphatic heterocycles. The highest BCUT2D eigenvalue weighted by atomic mass is 16.5. The molecular weight excluding hydrogens is 238 g/mol. The van der Waals surface area contributed by atoms with Crippen LogP contribution >= 0.6 is 0 Å². The molecule has 1 fully saturated rings. The maximum atomic E-state index is 11.8. The molecule has 0 amide bonds. The Bertz CT molecular complexity index is 411. The molecule has 1 saturated carbocycles. The number of carbonyl (C=O) groups is 1. The van der Waals surface area contributed by atoms with Crippen molar-refractivity contribution in [1.29, 1.82) is 0 Å². The number of benzene rings is 1. The third-order valence-corrected chi connectivity index (χ3v) is 3.74. The first-order valence-corrected chi connectivity index (χ1v) is 7.25. The van der Waals surface area contributed by atoms with Crippen molar-refractivity contribution < 1.29 is 9.53 Å². The molecule has 1 aliphatic carbocycles. The van der Waals surface area contributed by atoms with E-state index in [1.807, 2.05) is 24.3 Å². The predicted octanol–water partition coefficient (Wildman–Crippen LogP) is 3.18. The average Bonchev–Trinajstić information content (AvgIpc) is 2.47. The van der Waals surface area contributed by atoms with Crippen LogP contribution in [0.15, 0.2) is 24.3 Å². The maximum absolute atomic E-state index is 11.8. The first-order valence-electron chi connectivity index (χ1n) is 7.25. The minimum absolute atomic E-state index is 0.0885. The molecule has 0 bridgehead atoms. The number of hydrogen-bond donors (Lipinski definition) is 1. The fourth-order valence-corrected chi connectivity index (χ4v) is 2.60. The smallest absolute Gasteiger partial charge is 0.164 e. The van der Waals surface area contributed by atoms with Crippen LogP contribution in [-0.4, -0.2) is 18.9 Å². The van der Waals surface area contributed by atoms with Gasteiger partial charge in [-0.15, -0.1) is 0 Å². The standard InChI is InChI=1S/C16H23NO2/c17-10-9-16(18)14-7-4-8-15(11-14)19-12-13-5-2-1-3-6-13/h4,7-8,11,13H,1-3,5-6,9-10,12,17H2. The van der Waals surface area contributed by atoms with Gasteiger partial charge >= 0.3 is 0 Å². The van der Waals surface area contributed by atoms with Gasteiger partial charge in [0, 0.05) is 12.0 Å². The molecule has 3 nitrogen and oxygen atoms in total. The molecule has 0 saturated heterocycles. The number of ether oxygens (including phenoxy) is 1. The van der Waals surface area contributed by atoms with Crippen molar-refractivity contribution in [2.24, 2.45) is 11.7 Å². The van der Waals surface area contributed by atoms with Crippen molar-refractivity contribution in [1.82, 2.24) is 0 Å². The van der Waals surface area contributed by atoms with E-state index >= 15 is 0 Å². The van der Waals surface area contributed by atoms with Crippen LogP contribution in [0, 0.1) is 5.92 Å². The molecule has 1 aromatic rings. The average molecular weight is 261 g/mol. The van der Waals surface area contributed by atoms with E-state index < -0.39 is 0 Å². The lowest BCUT2D eigenvalue weighted by atomic mass is 9.90. The zero-order chi connectivity index (χ0) is 13.5. The molecule has 0 spiro atoms. The SMILES string of the molecule is NCCC(=O)c1cccc(OCC2CCCCC2)c1. The zero-order valence-corrected chi connectivity index (χ0v) is 11.4. The number of ketones is 1. The van der Waals surface area contributed by atoms with E-state index in [2.05, 4.69) is 0 Å². The van der Waals surface area contributed by atoms with Crippen molar-refractivity contribution in [2.75, 3.05) is 13.2 Å². The van der Waals surface area contributed by atoms with Crippen molar-refractivity contribution in [3.63, 3.8) is 0 Å². The van der Waals surface area contributed by atoms with E-state index in [4.69, 9.17) is 10.5 Å². The predicted molar refractivity (Wildman–Crippen MR) is 76.5 cm³/mol. The summed E-state index contributed by atoms with van der Waals surface area (Å²) in [5.74, 6) is 1.57. The van der Waals surface area contributed by atoms with Gasteiger partial charge in [-0.3, -0.25) is 4.79 Å². The summed E-state index contributed by atoms with van der Waals surface area (Å²) in [5, 5.41) is 0. The molecule has 0 unspecified atom stereocenters. The van der Waals surface area contributed by atoms with E-state index in [1.165, 1.54) is 32.1 Å². The molecule has 1 aromatic carbocycles. The Morgan fingerprint density at radius 2 is 2.05 bits per heavy atom. The Morgan fingerprint density at radius 3 is 2.79 bits per heavy atom. The first kappa shape index (κ1) is 14.1. The van der Waals surface area contributed by atoms with Gasteiger partial charge in [0.2, 0.25) is 0 Å². The zero-order valence-electron chi connectivity index (χ0n) is 11.4. The van der Waals surface area contributed by atoms with Crippen LogP contribution in [-0.2, 0) is 0 Å². The number of rotatable bonds is 6. The molecule has 0 atom stereocenters. The molecule has 104 valence electrons. The normalized spacial score (nSPS) is 16.3. The lowest BCUT2D eigenvalue weighted by Gasteiger charge is -2.21. The molecular formula is C16H23NO2. The number of carbonyl (C=O) groups excluding carboxylic acids is 1. The summed E-state index contributed by atoms with van der Waals surface area (Å²) in [6, 6.07) is 7.45. The second-order valence-corrected chi connectivity index (χ2v) is 5.30. The van der Waals surface area contributed by atoms with Crippen LogP contribution in [0.5, 0.6) is 5.75 Å². The van der Waals surface area contributed by atoms with Gasteiger partial charge in [0.1, 0.15) is 5.75 Å². The monoisotopic (exact) mass is 261 g/mol. The van der Waals surface area contributed by atoms with Crippen LogP contribution in [0.1, 0.15) is 48.9 Å². The van der Waals surface area contributed by atoms with Gasteiger partial charge < -0.3 is 10.5 Å². The molecule has 0 heterocycles. The number of Topliss-reactive ketones (excluding diaryl/α,β-unsaturated/α-hetero) is 1. The third kappa shape index (κ3) is 4.35. The molecule has 0 aromatic heterocycles. The summed E-state index contributed by atoms with van der Waals surface area (Å²) in [6.07, 6.45) is 6.94. The fraction of sp³-hybridized carbons (Fsp3) is 0.562. The van der Waals surface area contributed by atoms with Crippen LogP contribution in [0.3, 0.4) is 0 Å². The van der Waals surface area contributed by atoms with E-state index in [1.54, 1.807) is 0 Å². The van der Waals surface area contributed by atoms with Gasteiger partial charge in [-0.25, -0.2) is 0 Å².